The number of benzene rings is 1. The Bertz CT molecular complexity index is 352. The quantitative estimate of drug-likeness (QED) is 0.768. The molecule has 1 fully saturated rings. The zero-order valence-electron chi connectivity index (χ0n) is 10.4. The normalized spacial score (nSPS) is 29.0. The smallest absolute Gasteiger partial charge is 0.115 e. The first kappa shape index (κ1) is 12.6. The van der Waals surface area contributed by atoms with Crippen molar-refractivity contribution < 1.29 is 14.6 Å². The standard InChI is InChI=1S/C14H20O3/c1-11(13-14(2,10-15)17-13)8-16-9-12-6-4-3-5-7-12/h3-7,11,13,15H,8-10H2,1-2H3/t11-,13-,14-/m0/s1. The molecule has 1 N–H and O–H groups in total. The zero-order chi connectivity index (χ0) is 12.3. The molecule has 3 nitrogen and oxygen atoms in total. The van der Waals surface area contributed by atoms with Crippen LogP contribution in [-0.4, -0.2) is 30.0 Å². The van der Waals surface area contributed by atoms with Gasteiger partial charge in [0, 0.05) is 5.92 Å². The predicted molar refractivity (Wildman–Crippen MR) is 65.6 cm³/mol. The van der Waals surface area contributed by atoms with E-state index in [4.69, 9.17) is 14.6 Å². The van der Waals surface area contributed by atoms with Gasteiger partial charge >= 0.3 is 0 Å². The maximum Gasteiger partial charge on any atom is 0.115 e. The van der Waals surface area contributed by atoms with Gasteiger partial charge in [0.15, 0.2) is 0 Å². The van der Waals surface area contributed by atoms with Crippen LogP contribution in [-0.2, 0) is 16.1 Å². The topological polar surface area (TPSA) is 42.0 Å². The molecule has 1 aromatic carbocycles. The van der Waals surface area contributed by atoms with Gasteiger partial charge in [-0.05, 0) is 12.5 Å². The minimum Gasteiger partial charge on any atom is -0.393 e. The fourth-order valence-electron chi connectivity index (χ4n) is 2.13. The van der Waals surface area contributed by atoms with E-state index in [1.165, 1.54) is 5.56 Å². The molecule has 0 aromatic heterocycles. The van der Waals surface area contributed by atoms with Crippen molar-refractivity contribution in [3.05, 3.63) is 35.9 Å². The van der Waals surface area contributed by atoms with E-state index in [-0.39, 0.29) is 18.3 Å². The first-order valence-corrected chi connectivity index (χ1v) is 6.06. The molecule has 0 bridgehead atoms. The van der Waals surface area contributed by atoms with Gasteiger partial charge in [-0.25, -0.2) is 0 Å². The van der Waals surface area contributed by atoms with E-state index < -0.39 is 0 Å². The molecule has 3 heteroatoms. The molecule has 3 atom stereocenters. The lowest BCUT2D eigenvalue weighted by Crippen LogP contribution is -2.22. The van der Waals surface area contributed by atoms with Crippen molar-refractivity contribution in [3.8, 4) is 0 Å². The molecule has 0 spiro atoms. The second-order valence-electron chi connectivity index (χ2n) is 4.99. The van der Waals surface area contributed by atoms with Crippen molar-refractivity contribution in [2.45, 2.75) is 32.2 Å². The van der Waals surface area contributed by atoms with E-state index in [1.54, 1.807) is 0 Å². The van der Waals surface area contributed by atoms with Crippen molar-refractivity contribution in [2.75, 3.05) is 13.2 Å². The number of ether oxygens (including phenoxy) is 2. The highest BCUT2D eigenvalue weighted by atomic mass is 16.6. The third-order valence-corrected chi connectivity index (χ3v) is 3.26. The number of epoxide rings is 1. The van der Waals surface area contributed by atoms with Crippen molar-refractivity contribution in [1.29, 1.82) is 0 Å². The molecule has 0 aliphatic carbocycles. The van der Waals surface area contributed by atoms with E-state index in [0.29, 0.717) is 19.1 Å². The van der Waals surface area contributed by atoms with Gasteiger partial charge in [-0.1, -0.05) is 37.3 Å². The van der Waals surface area contributed by atoms with Crippen molar-refractivity contribution in [3.63, 3.8) is 0 Å². The molecule has 1 aromatic rings. The summed E-state index contributed by atoms with van der Waals surface area (Å²) in [6.07, 6.45) is 0.128. The zero-order valence-corrected chi connectivity index (χ0v) is 10.4. The largest absolute Gasteiger partial charge is 0.393 e. The average molecular weight is 236 g/mol. The van der Waals surface area contributed by atoms with Gasteiger partial charge in [0.25, 0.3) is 0 Å². The molecule has 2 rings (SSSR count). The lowest BCUT2D eigenvalue weighted by Gasteiger charge is -2.11. The summed E-state index contributed by atoms with van der Waals surface area (Å²) in [5.74, 6) is 0.316. The predicted octanol–water partition coefficient (Wildman–Crippen LogP) is 1.99. The van der Waals surface area contributed by atoms with Crippen LogP contribution in [0, 0.1) is 5.92 Å². The molecular weight excluding hydrogens is 216 g/mol. The van der Waals surface area contributed by atoms with Gasteiger partial charge in [0.2, 0.25) is 0 Å². The number of hydrogen-bond acceptors (Lipinski definition) is 3. The van der Waals surface area contributed by atoms with E-state index >= 15 is 0 Å². The van der Waals surface area contributed by atoms with Gasteiger partial charge in [-0.15, -0.1) is 0 Å². The molecule has 0 saturated carbocycles. The maximum atomic E-state index is 9.12. The first-order valence-electron chi connectivity index (χ1n) is 6.06. The first-order chi connectivity index (χ1) is 8.15. The van der Waals surface area contributed by atoms with Gasteiger partial charge in [-0.3, -0.25) is 0 Å². The molecule has 94 valence electrons. The summed E-state index contributed by atoms with van der Waals surface area (Å²) in [5.41, 5.74) is 0.844. The summed E-state index contributed by atoms with van der Waals surface area (Å²) in [6, 6.07) is 10.1. The van der Waals surface area contributed by atoms with Crippen LogP contribution in [0.25, 0.3) is 0 Å². The van der Waals surface area contributed by atoms with Crippen molar-refractivity contribution in [1.82, 2.24) is 0 Å². The second-order valence-corrected chi connectivity index (χ2v) is 4.99. The molecule has 0 radical (unpaired) electrons. The summed E-state index contributed by atoms with van der Waals surface area (Å²) in [7, 11) is 0. The molecular formula is C14H20O3. The highest BCUT2D eigenvalue weighted by Gasteiger charge is 2.54. The van der Waals surface area contributed by atoms with Gasteiger partial charge < -0.3 is 14.6 Å². The van der Waals surface area contributed by atoms with Crippen LogP contribution in [0.15, 0.2) is 30.3 Å². The summed E-state index contributed by atoms with van der Waals surface area (Å²) in [6.45, 7) is 5.41. The highest BCUT2D eigenvalue weighted by molar-refractivity contribution is 5.13. The number of rotatable bonds is 6. The number of aliphatic hydroxyl groups is 1. The SMILES string of the molecule is C[C@@H](COCc1ccccc1)[C@@H]1O[C@@]1(C)CO. The molecule has 1 heterocycles. The van der Waals surface area contributed by atoms with Gasteiger partial charge in [0.05, 0.1) is 25.9 Å². The van der Waals surface area contributed by atoms with Crippen LogP contribution in [0.5, 0.6) is 0 Å². The Morgan fingerprint density at radius 1 is 1.41 bits per heavy atom. The Morgan fingerprint density at radius 2 is 2.12 bits per heavy atom. The second kappa shape index (κ2) is 5.17. The third-order valence-electron chi connectivity index (χ3n) is 3.26. The molecule has 1 aliphatic rings. The van der Waals surface area contributed by atoms with E-state index in [9.17, 15) is 0 Å². The van der Waals surface area contributed by atoms with E-state index in [2.05, 4.69) is 19.1 Å². The van der Waals surface area contributed by atoms with E-state index in [0.717, 1.165) is 0 Å². The monoisotopic (exact) mass is 236 g/mol. The Morgan fingerprint density at radius 3 is 2.71 bits per heavy atom. The fourth-order valence-corrected chi connectivity index (χ4v) is 2.13. The van der Waals surface area contributed by atoms with Crippen LogP contribution in [0.3, 0.4) is 0 Å². The number of aliphatic hydroxyl groups excluding tert-OH is 1. The minimum atomic E-state index is -0.338. The van der Waals surface area contributed by atoms with Crippen molar-refractivity contribution >= 4 is 0 Å². The average Bonchev–Trinajstić information content (AvgIpc) is 3.04. The molecule has 0 amide bonds. The van der Waals surface area contributed by atoms with Crippen LogP contribution in [0.4, 0.5) is 0 Å². The van der Waals surface area contributed by atoms with Gasteiger partial charge in [0.1, 0.15) is 5.60 Å². The van der Waals surface area contributed by atoms with Crippen LogP contribution >= 0.6 is 0 Å². The Kier molecular flexibility index (Phi) is 3.82. The Balaban J connectivity index is 1.70. The van der Waals surface area contributed by atoms with Crippen molar-refractivity contribution in [2.24, 2.45) is 5.92 Å². The summed E-state index contributed by atoms with van der Waals surface area (Å²) >= 11 is 0. The van der Waals surface area contributed by atoms with Crippen LogP contribution in [0.2, 0.25) is 0 Å². The third kappa shape index (κ3) is 3.06. The van der Waals surface area contributed by atoms with Gasteiger partial charge in [-0.2, -0.15) is 0 Å². The highest BCUT2D eigenvalue weighted by Crippen LogP contribution is 2.40. The lowest BCUT2D eigenvalue weighted by molar-refractivity contribution is 0.0825. The summed E-state index contributed by atoms with van der Waals surface area (Å²) < 4.78 is 11.1. The summed E-state index contributed by atoms with van der Waals surface area (Å²) in [4.78, 5) is 0. The lowest BCUT2D eigenvalue weighted by atomic mass is 9.99. The Labute approximate surface area is 102 Å². The minimum absolute atomic E-state index is 0.0840. The maximum absolute atomic E-state index is 9.12. The van der Waals surface area contributed by atoms with E-state index in [1.807, 2.05) is 25.1 Å². The van der Waals surface area contributed by atoms with Crippen LogP contribution in [0.1, 0.15) is 19.4 Å². The molecule has 0 unspecified atom stereocenters. The Hall–Kier alpha value is -0.900. The molecule has 17 heavy (non-hydrogen) atoms. The number of hydrogen-bond donors (Lipinski definition) is 1. The fraction of sp³-hybridized carbons (Fsp3) is 0.571. The molecule has 1 saturated heterocycles. The summed E-state index contributed by atoms with van der Waals surface area (Å²) in [5, 5.41) is 9.12. The van der Waals surface area contributed by atoms with Crippen LogP contribution < -0.4 is 0 Å². The molecule has 1 aliphatic heterocycles.